The molecule has 29 heavy (non-hydrogen) atoms. The molecule has 2 aromatic heterocycles. The maximum Gasteiger partial charge on any atom is 0.407 e. The molecule has 0 saturated heterocycles. The van der Waals surface area contributed by atoms with Gasteiger partial charge in [0, 0.05) is 35.8 Å². The standard InChI is InChI=1S/C20H27N5O4/c1-12-3-2-4-17(12)25(20(27)28)14-6-5-13(9-14)16-11-18(24-23-16)22-19(26)10-15-7-8-21-29-15/h7-8,11-14,17H,2-6,9-10H2,1H3,(H,27,28)(H2,22,23,24,26)/t12-,13?,14?,17+/m0/s1. The molecule has 4 rings (SSSR count). The summed E-state index contributed by atoms with van der Waals surface area (Å²) >= 11 is 0. The predicted molar refractivity (Wildman–Crippen MR) is 104 cm³/mol. The summed E-state index contributed by atoms with van der Waals surface area (Å²) in [5.74, 6) is 1.37. The average molecular weight is 401 g/mol. The number of carboxylic acid groups (broad SMARTS) is 1. The van der Waals surface area contributed by atoms with Crippen molar-refractivity contribution in [3.05, 3.63) is 29.8 Å². The number of amides is 2. The maximum atomic E-state index is 12.1. The van der Waals surface area contributed by atoms with E-state index in [1.165, 1.54) is 6.20 Å². The zero-order valence-corrected chi connectivity index (χ0v) is 16.5. The second kappa shape index (κ2) is 8.26. The summed E-state index contributed by atoms with van der Waals surface area (Å²) < 4.78 is 4.94. The first-order valence-electron chi connectivity index (χ1n) is 10.3. The fourth-order valence-electron chi connectivity index (χ4n) is 4.89. The minimum atomic E-state index is -0.806. The van der Waals surface area contributed by atoms with Gasteiger partial charge in [-0.15, -0.1) is 0 Å². The SMILES string of the molecule is C[C@H]1CCC[C@H]1N(C(=O)O)C1CCC(c2cc(NC(=O)Cc3ccno3)n[nH]2)C1. The van der Waals surface area contributed by atoms with Crippen LogP contribution in [0.4, 0.5) is 10.6 Å². The normalized spacial score (nSPS) is 26.5. The quantitative estimate of drug-likeness (QED) is 0.681. The number of carbonyl (C=O) groups is 2. The summed E-state index contributed by atoms with van der Waals surface area (Å²) in [5.41, 5.74) is 0.937. The van der Waals surface area contributed by atoms with Crippen LogP contribution >= 0.6 is 0 Å². The lowest BCUT2D eigenvalue weighted by molar-refractivity contribution is -0.115. The number of rotatable bonds is 6. The van der Waals surface area contributed by atoms with Gasteiger partial charge >= 0.3 is 6.09 Å². The van der Waals surface area contributed by atoms with E-state index in [0.717, 1.165) is 44.2 Å². The average Bonchev–Trinajstić information content (AvgIpc) is 3.44. The van der Waals surface area contributed by atoms with Crippen molar-refractivity contribution in [1.29, 1.82) is 0 Å². The third-order valence-electron chi connectivity index (χ3n) is 6.32. The van der Waals surface area contributed by atoms with Crippen LogP contribution in [-0.4, -0.2) is 49.4 Å². The molecule has 2 amide bonds. The van der Waals surface area contributed by atoms with Crippen LogP contribution in [-0.2, 0) is 11.2 Å². The largest absolute Gasteiger partial charge is 0.465 e. The van der Waals surface area contributed by atoms with Crippen LogP contribution in [0, 0.1) is 5.92 Å². The minimum absolute atomic E-state index is 0.0378. The number of nitrogens with zero attached hydrogens (tertiary/aromatic N) is 3. The van der Waals surface area contributed by atoms with Crippen molar-refractivity contribution >= 4 is 17.8 Å². The van der Waals surface area contributed by atoms with E-state index in [1.807, 2.05) is 6.07 Å². The van der Waals surface area contributed by atoms with Crippen LogP contribution in [0.5, 0.6) is 0 Å². The highest BCUT2D eigenvalue weighted by Crippen LogP contribution is 2.40. The molecule has 0 aliphatic heterocycles. The number of H-pyrrole nitrogens is 1. The molecular weight excluding hydrogens is 374 g/mol. The van der Waals surface area contributed by atoms with Gasteiger partial charge in [-0.05, 0) is 38.0 Å². The third-order valence-corrected chi connectivity index (χ3v) is 6.32. The fourth-order valence-corrected chi connectivity index (χ4v) is 4.89. The van der Waals surface area contributed by atoms with Crippen molar-refractivity contribution in [2.24, 2.45) is 5.92 Å². The molecule has 2 aromatic rings. The molecule has 2 saturated carbocycles. The molecule has 9 heteroatoms. The molecule has 0 spiro atoms. The Morgan fingerprint density at radius 3 is 2.90 bits per heavy atom. The molecule has 2 heterocycles. The summed E-state index contributed by atoms with van der Waals surface area (Å²) in [6.07, 6.45) is 6.49. The van der Waals surface area contributed by atoms with Crippen molar-refractivity contribution in [1.82, 2.24) is 20.3 Å². The van der Waals surface area contributed by atoms with E-state index in [1.54, 1.807) is 11.0 Å². The number of aromatic amines is 1. The van der Waals surface area contributed by atoms with Gasteiger partial charge in [-0.2, -0.15) is 5.10 Å². The molecule has 156 valence electrons. The first-order chi connectivity index (χ1) is 14.0. The molecular formula is C20H27N5O4. The topological polar surface area (TPSA) is 124 Å². The number of hydrogen-bond donors (Lipinski definition) is 3. The minimum Gasteiger partial charge on any atom is -0.465 e. The smallest absolute Gasteiger partial charge is 0.407 e. The molecule has 0 aromatic carbocycles. The number of carbonyl (C=O) groups excluding carboxylic acids is 1. The molecule has 2 fully saturated rings. The molecule has 2 aliphatic carbocycles. The zero-order chi connectivity index (χ0) is 20.4. The zero-order valence-electron chi connectivity index (χ0n) is 16.5. The number of nitrogens with one attached hydrogen (secondary N) is 2. The first kappa shape index (κ1) is 19.5. The first-order valence-corrected chi connectivity index (χ1v) is 10.3. The van der Waals surface area contributed by atoms with Crippen molar-refractivity contribution in [2.45, 2.75) is 69.9 Å². The van der Waals surface area contributed by atoms with Gasteiger partial charge in [-0.3, -0.25) is 9.89 Å². The molecule has 0 radical (unpaired) electrons. The maximum absolute atomic E-state index is 12.1. The highest BCUT2D eigenvalue weighted by Gasteiger charge is 2.40. The number of anilines is 1. The van der Waals surface area contributed by atoms with Gasteiger partial charge in [-0.25, -0.2) is 4.79 Å². The van der Waals surface area contributed by atoms with E-state index in [0.29, 0.717) is 17.5 Å². The Bertz CT molecular complexity index is 849. The molecule has 3 N–H and O–H groups in total. The summed E-state index contributed by atoms with van der Waals surface area (Å²) in [4.78, 5) is 25.8. The number of hydrogen-bond acceptors (Lipinski definition) is 5. The van der Waals surface area contributed by atoms with Gasteiger partial charge in [0.25, 0.3) is 0 Å². The Kier molecular flexibility index (Phi) is 5.55. The summed E-state index contributed by atoms with van der Waals surface area (Å²) in [5, 5.41) is 23.4. The third kappa shape index (κ3) is 4.28. The van der Waals surface area contributed by atoms with E-state index in [2.05, 4.69) is 27.6 Å². The monoisotopic (exact) mass is 401 g/mol. The molecule has 2 unspecified atom stereocenters. The van der Waals surface area contributed by atoms with Gasteiger partial charge in [0.15, 0.2) is 5.82 Å². The second-order valence-corrected chi connectivity index (χ2v) is 8.24. The van der Waals surface area contributed by atoms with Gasteiger partial charge in [0.2, 0.25) is 5.91 Å². The molecule has 0 bridgehead atoms. The van der Waals surface area contributed by atoms with E-state index in [9.17, 15) is 14.7 Å². The fraction of sp³-hybridized carbons (Fsp3) is 0.600. The van der Waals surface area contributed by atoms with Gasteiger partial charge < -0.3 is 19.8 Å². The van der Waals surface area contributed by atoms with Gasteiger partial charge in [-0.1, -0.05) is 18.5 Å². The lowest BCUT2D eigenvalue weighted by Crippen LogP contribution is -2.46. The van der Waals surface area contributed by atoms with E-state index in [4.69, 9.17) is 4.52 Å². The van der Waals surface area contributed by atoms with Crippen molar-refractivity contribution < 1.29 is 19.2 Å². The number of aromatic nitrogens is 3. The van der Waals surface area contributed by atoms with Gasteiger partial charge in [0.05, 0.1) is 12.6 Å². The van der Waals surface area contributed by atoms with E-state index >= 15 is 0 Å². The highest BCUT2D eigenvalue weighted by atomic mass is 16.5. The Morgan fingerprint density at radius 2 is 2.21 bits per heavy atom. The summed E-state index contributed by atoms with van der Waals surface area (Å²) in [7, 11) is 0. The Morgan fingerprint density at radius 1 is 1.34 bits per heavy atom. The van der Waals surface area contributed by atoms with Crippen LogP contribution in [0.3, 0.4) is 0 Å². The highest BCUT2D eigenvalue weighted by molar-refractivity contribution is 5.91. The van der Waals surface area contributed by atoms with Crippen LogP contribution in [0.1, 0.15) is 62.8 Å². The second-order valence-electron chi connectivity index (χ2n) is 8.24. The van der Waals surface area contributed by atoms with Crippen LogP contribution in [0.25, 0.3) is 0 Å². The lowest BCUT2D eigenvalue weighted by atomic mass is 10.0. The van der Waals surface area contributed by atoms with Crippen LogP contribution in [0.15, 0.2) is 22.9 Å². The summed E-state index contributed by atoms with van der Waals surface area (Å²) in [6.45, 7) is 2.16. The molecule has 4 atom stereocenters. The lowest BCUT2D eigenvalue weighted by Gasteiger charge is -2.34. The molecule has 2 aliphatic rings. The van der Waals surface area contributed by atoms with E-state index in [-0.39, 0.29) is 30.3 Å². The van der Waals surface area contributed by atoms with Crippen molar-refractivity contribution in [2.75, 3.05) is 5.32 Å². The van der Waals surface area contributed by atoms with Gasteiger partial charge in [0.1, 0.15) is 5.76 Å². The van der Waals surface area contributed by atoms with Crippen LogP contribution < -0.4 is 5.32 Å². The Balaban J connectivity index is 1.36. The predicted octanol–water partition coefficient (Wildman–Crippen LogP) is 3.38. The molecule has 9 nitrogen and oxygen atoms in total. The van der Waals surface area contributed by atoms with E-state index < -0.39 is 6.09 Å². The summed E-state index contributed by atoms with van der Waals surface area (Å²) in [6, 6.07) is 3.65. The van der Waals surface area contributed by atoms with Crippen molar-refractivity contribution in [3.8, 4) is 0 Å². The van der Waals surface area contributed by atoms with Crippen molar-refractivity contribution in [3.63, 3.8) is 0 Å². The Hall–Kier alpha value is -2.84. The van der Waals surface area contributed by atoms with Crippen LogP contribution in [0.2, 0.25) is 0 Å². The Labute approximate surface area is 168 Å².